The number of nitrogens with zero attached hydrogens (tertiary/aromatic N) is 1. The maximum absolute atomic E-state index is 12.9. The van der Waals surface area contributed by atoms with E-state index in [9.17, 15) is 14.0 Å². The standard InChI is InChI=1S/C17H12FN3O2S/c18-12-7-5-11(6-8-12)15(22)20-14-4-2-1-3-13(14)16(23)21-17-19-9-10-24-17/h1-10H,(H,20,22)(H,19,21,23). The highest BCUT2D eigenvalue weighted by atomic mass is 32.1. The predicted octanol–water partition coefficient (Wildman–Crippen LogP) is 3.79. The largest absolute Gasteiger partial charge is 0.321 e. The van der Waals surface area contributed by atoms with Gasteiger partial charge in [-0.2, -0.15) is 0 Å². The van der Waals surface area contributed by atoms with Gasteiger partial charge in [-0.25, -0.2) is 9.37 Å². The Balaban J connectivity index is 1.80. The molecule has 0 saturated carbocycles. The number of hydrogen-bond acceptors (Lipinski definition) is 4. The molecule has 120 valence electrons. The van der Waals surface area contributed by atoms with Crippen molar-refractivity contribution >= 4 is 34.0 Å². The first-order valence-electron chi connectivity index (χ1n) is 7.00. The molecule has 3 aromatic rings. The molecule has 0 aliphatic carbocycles. The van der Waals surface area contributed by atoms with Crippen LogP contribution in [0.3, 0.4) is 0 Å². The lowest BCUT2D eigenvalue weighted by Gasteiger charge is -2.10. The molecule has 0 aliphatic rings. The first kappa shape index (κ1) is 15.8. The Bertz CT molecular complexity index is 864. The molecule has 0 radical (unpaired) electrons. The van der Waals surface area contributed by atoms with Gasteiger partial charge in [0.15, 0.2) is 5.13 Å². The van der Waals surface area contributed by atoms with Crippen LogP contribution >= 0.6 is 11.3 Å². The lowest BCUT2D eigenvalue weighted by Crippen LogP contribution is -2.18. The molecule has 0 fully saturated rings. The van der Waals surface area contributed by atoms with E-state index in [2.05, 4.69) is 15.6 Å². The highest BCUT2D eigenvalue weighted by Crippen LogP contribution is 2.19. The Labute approximate surface area is 141 Å². The molecular formula is C17H12FN3O2S. The Morgan fingerprint density at radius 3 is 2.42 bits per heavy atom. The first-order chi connectivity index (χ1) is 11.6. The smallest absolute Gasteiger partial charge is 0.259 e. The van der Waals surface area contributed by atoms with Crippen LogP contribution in [0.1, 0.15) is 20.7 Å². The summed E-state index contributed by atoms with van der Waals surface area (Å²) < 4.78 is 12.9. The molecule has 1 heterocycles. The fraction of sp³-hybridized carbons (Fsp3) is 0. The molecule has 3 rings (SSSR count). The highest BCUT2D eigenvalue weighted by Gasteiger charge is 2.15. The molecular weight excluding hydrogens is 329 g/mol. The highest BCUT2D eigenvalue weighted by molar-refractivity contribution is 7.13. The normalized spacial score (nSPS) is 10.2. The third-order valence-corrected chi connectivity index (χ3v) is 3.87. The van der Waals surface area contributed by atoms with E-state index in [-0.39, 0.29) is 5.91 Å². The van der Waals surface area contributed by atoms with E-state index in [0.29, 0.717) is 21.9 Å². The summed E-state index contributed by atoms with van der Waals surface area (Å²) in [4.78, 5) is 28.6. The Hall–Kier alpha value is -3.06. The van der Waals surface area contributed by atoms with E-state index in [1.54, 1.807) is 35.8 Å². The van der Waals surface area contributed by atoms with Crippen LogP contribution in [-0.4, -0.2) is 16.8 Å². The number of benzene rings is 2. The summed E-state index contributed by atoms with van der Waals surface area (Å²) in [6, 6.07) is 11.8. The van der Waals surface area contributed by atoms with Crippen LogP contribution in [0.2, 0.25) is 0 Å². The number of para-hydroxylation sites is 1. The summed E-state index contributed by atoms with van der Waals surface area (Å²) in [5, 5.41) is 7.55. The lowest BCUT2D eigenvalue weighted by atomic mass is 10.1. The van der Waals surface area contributed by atoms with Gasteiger partial charge in [-0.05, 0) is 36.4 Å². The van der Waals surface area contributed by atoms with Crippen molar-refractivity contribution in [3.63, 3.8) is 0 Å². The second kappa shape index (κ2) is 7.01. The maximum Gasteiger partial charge on any atom is 0.259 e. The molecule has 0 saturated heterocycles. The van der Waals surface area contributed by atoms with Gasteiger partial charge in [-0.1, -0.05) is 12.1 Å². The monoisotopic (exact) mass is 341 g/mol. The lowest BCUT2D eigenvalue weighted by molar-refractivity contribution is 0.102. The summed E-state index contributed by atoms with van der Waals surface area (Å²) in [5.74, 6) is -1.22. The molecule has 0 spiro atoms. The van der Waals surface area contributed by atoms with Crippen molar-refractivity contribution in [2.24, 2.45) is 0 Å². The number of carbonyl (C=O) groups is 2. The number of aromatic nitrogens is 1. The number of hydrogen-bond donors (Lipinski definition) is 2. The number of halogens is 1. The van der Waals surface area contributed by atoms with Crippen molar-refractivity contribution < 1.29 is 14.0 Å². The third kappa shape index (κ3) is 3.64. The zero-order valence-corrected chi connectivity index (χ0v) is 13.1. The van der Waals surface area contributed by atoms with Crippen LogP contribution in [0.5, 0.6) is 0 Å². The number of rotatable bonds is 4. The second-order valence-electron chi connectivity index (χ2n) is 4.80. The Morgan fingerprint density at radius 2 is 1.71 bits per heavy atom. The maximum atomic E-state index is 12.9. The van der Waals surface area contributed by atoms with Gasteiger partial charge in [-0.3, -0.25) is 14.9 Å². The molecule has 7 heteroatoms. The van der Waals surface area contributed by atoms with E-state index >= 15 is 0 Å². The summed E-state index contributed by atoms with van der Waals surface area (Å²) in [5.41, 5.74) is 0.968. The zero-order chi connectivity index (χ0) is 16.9. The first-order valence-corrected chi connectivity index (χ1v) is 7.88. The molecule has 24 heavy (non-hydrogen) atoms. The van der Waals surface area contributed by atoms with Crippen LogP contribution in [0.15, 0.2) is 60.1 Å². The molecule has 0 bridgehead atoms. The third-order valence-electron chi connectivity index (χ3n) is 3.18. The fourth-order valence-corrected chi connectivity index (χ4v) is 2.56. The van der Waals surface area contributed by atoms with Gasteiger partial charge in [0.2, 0.25) is 0 Å². The average Bonchev–Trinajstić information content (AvgIpc) is 3.09. The van der Waals surface area contributed by atoms with Crippen molar-refractivity contribution in [3.8, 4) is 0 Å². The number of carbonyl (C=O) groups excluding carboxylic acids is 2. The van der Waals surface area contributed by atoms with E-state index in [0.717, 1.165) is 0 Å². The predicted molar refractivity (Wildman–Crippen MR) is 90.9 cm³/mol. The molecule has 0 atom stereocenters. The quantitative estimate of drug-likeness (QED) is 0.758. The number of nitrogens with one attached hydrogen (secondary N) is 2. The fourth-order valence-electron chi connectivity index (χ4n) is 2.04. The van der Waals surface area contributed by atoms with Gasteiger partial charge in [-0.15, -0.1) is 11.3 Å². The van der Waals surface area contributed by atoms with Crippen LogP contribution in [0, 0.1) is 5.82 Å². The molecule has 2 N–H and O–H groups in total. The van der Waals surface area contributed by atoms with Crippen LogP contribution in [-0.2, 0) is 0 Å². The van der Waals surface area contributed by atoms with Crippen molar-refractivity contribution in [1.82, 2.24) is 4.98 Å². The van der Waals surface area contributed by atoms with Gasteiger partial charge < -0.3 is 5.32 Å². The second-order valence-corrected chi connectivity index (χ2v) is 5.69. The summed E-state index contributed by atoms with van der Waals surface area (Å²) in [6.45, 7) is 0. The minimum Gasteiger partial charge on any atom is -0.321 e. The Kier molecular flexibility index (Phi) is 4.62. The van der Waals surface area contributed by atoms with E-state index in [1.165, 1.54) is 35.6 Å². The van der Waals surface area contributed by atoms with Crippen LogP contribution in [0.4, 0.5) is 15.2 Å². The minimum absolute atomic E-state index is 0.298. The topological polar surface area (TPSA) is 71.1 Å². The zero-order valence-electron chi connectivity index (χ0n) is 12.3. The molecule has 0 aliphatic heterocycles. The summed E-state index contributed by atoms with van der Waals surface area (Å²) in [6.07, 6.45) is 1.59. The number of thiazole rings is 1. The molecule has 2 amide bonds. The van der Waals surface area contributed by atoms with Crippen LogP contribution < -0.4 is 10.6 Å². The summed E-state index contributed by atoms with van der Waals surface area (Å²) in [7, 11) is 0. The average molecular weight is 341 g/mol. The van der Waals surface area contributed by atoms with Crippen molar-refractivity contribution in [2.45, 2.75) is 0 Å². The van der Waals surface area contributed by atoms with Gasteiger partial charge in [0.05, 0.1) is 11.3 Å². The SMILES string of the molecule is O=C(Nc1ccccc1C(=O)Nc1nccs1)c1ccc(F)cc1. The van der Waals surface area contributed by atoms with E-state index < -0.39 is 11.7 Å². The summed E-state index contributed by atoms with van der Waals surface area (Å²) >= 11 is 1.30. The van der Waals surface area contributed by atoms with Crippen molar-refractivity contribution in [3.05, 3.63) is 77.1 Å². The molecule has 0 unspecified atom stereocenters. The van der Waals surface area contributed by atoms with Crippen LogP contribution in [0.25, 0.3) is 0 Å². The van der Waals surface area contributed by atoms with Crippen molar-refractivity contribution in [2.75, 3.05) is 10.6 Å². The Morgan fingerprint density at radius 1 is 0.958 bits per heavy atom. The van der Waals surface area contributed by atoms with E-state index in [4.69, 9.17) is 0 Å². The van der Waals surface area contributed by atoms with Gasteiger partial charge in [0.25, 0.3) is 11.8 Å². The van der Waals surface area contributed by atoms with Gasteiger partial charge >= 0.3 is 0 Å². The molecule has 5 nitrogen and oxygen atoms in total. The molecule has 1 aromatic heterocycles. The van der Waals surface area contributed by atoms with Crippen molar-refractivity contribution in [1.29, 1.82) is 0 Å². The minimum atomic E-state index is -0.426. The van der Waals surface area contributed by atoms with Gasteiger partial charge in [0.1, 0.15) is 5.82 Å². The number of anilines is 2. The number of amides is 2. The van der Waals surface area contributed by atoms with E-state index in [1.807, 2.05) is 0 Å². The molecule has 2 aromatic carbocycles. The van der Waals surface area contributed by atoms with Gasteiger partial charge in [0, 0.05) is 17.1 Å².